The predicted molar refractivity (Wildman–Crippen MR) is 99.1 cm³/mol. The molecule has 126 valence electrons. The number of hydrogen-bond acceptors (Lipinski definition) is 2. The molecule has 3 nitrogen and oxygen atoms in total. The molecule has 1 heterocycles. The van der Waals surface area contributed by atoms with Crippen molar-refractivity contribution < 1.29 is 4.74 Å². The van der Waals surface area contributed by atoms with Crippen molar-refractivity contribution in [3.63, 3.8) is 0 Å². The highest BCUT2D eigenvalue weighted by Crippen LogP contribution is 2.37. The van der Waals surface area contributed by atoms with Crippen LogP contribution in [0.2, 0.25) is 0 Å². The molecule has 0 aliphatic heterocycles. The fraction of sp³-hybridized carbons (Fsp3) is 0.500. The van der Waals surface area contributed by atoms with Gasteiger partial charge in [-0.05, 0) is 54.5 Å². The van der Waals surface area contributed by atoms with Crippen LogP contribution in [0.5, 0.6) is 5.75 Å². The van der Waals surface area contributed by atoms with Crippen LogP contribution in [0.25, 0.3) is 11.1 Å². The Kier molecular flexibility index (Phi) is 5.40. The molecule has 0 aliphatic rings. The predicted octanol–water partition coefficient (Wildman–Crippen LogP) is 4.61. The maximum absolute atomic E-state index is 6.21. The second-order valence-electron chi connectivity index (χ2n) is 6.61. The van der Waals surface area contributed by atoms with E-state index in [1.807, 2.05) is 0 Å². The Morgan fingerprint density at radius 3 is 2.30 bits per heavy atom. The van der Waals surface area contributed by atoms with Crippen LogP contribution in [0.3, 0.4) is 0 Å². The van der Waals surface area contributed by atoms with Gasteiger partial charge in [0.15, 0.2) is 0 Å². The summed E-state index contributed by atoms with van der Waals surface area (Å²) in [5, 5.41) is 0. The third-order valence-corrected chi connectivity index (χ3v) is 4.53. The molecule has 0 unspecified atom stereocenters. The summed E-state index contributed by atoms with van der Waals surface area (Å²) in [7, 11) is 3.84. The number of anilines is 1. The first kappa shape index (κ1) is 17.5. The molecule has 0 saturated carbocycles. The minimum atomic E-state index is 0.585. The second-order valence-corrected chi connectivity index (χ2v) is 6.61. The van der Waals surface area contributed by atoms with E-state index in [1.54, 1.807) is 7.11 Å². The number of aryl methyl sites for hydroxylation is 1. The fourth-order valence-corrected chi connectivity index (χ4v) is 3.38. The Labute approximate surface area is 140 Å². The maximum atomic E-state index is 6.21. The SMILES string of the molecule is CCc1cc(-c2cc(N)c(OC)cc2CC(C)C)c(CC)n1C. The monoisotopic (exact) mass is 314 g/mol. The van der Waals surface area contributed by atoms with Crippen LogP contribution < -0.4 is 10.5 Å². The van der Waals surface area contributed by atoms with Crippen molar-refractivity contribution in [2.75, 3.05) is 12.8 Å². The Morgan fingerprint density at radius 2 is 1.78 bits per heavy atom. The van der Waals surface area contributed by atoms with E-state index in [0.29, 0.717) is 11.6 Å². The van der Waals surface area contributed by atoms with E-state index in [-0.39, 0.29) is 0 Å². The van der Waals surface area contributed by atoms with Gasteiger partial charge in [-0.15, -0.1) is 0 Å². The van der Waals surface area contributed by atoms with Gasteiger partial charge in [-0.2, -0.15) is 0 Å². The Balaban J connectivity index is 2.68. The van der Waals surface area contributed by atoms with E-state index < -0.39 is 0 Å². The van der Waals surface area contributed by atoms with Gasteiger partial charge < -0.3 is 15.0 Å². The van der Waals surface area contributed by atoms with Crippen LogP contribution >= 0.6 is 0 Å². The molecule has 2 N–H and O–H groups in total. The van der Waals surface area contributed by atoms with Gasteiger partial charge in [0.1, 0.15) is 5.75 Å². The highest BCUT2D eigenvalue weighted by Gasteiger charge is 2.17. The van der Waals surface area contributed by atoms with Crippen LogP contribution in [0, 0.1) is 5.92 Å². The third kappa shape index (κ3) is 3.39. The quantitative estimate of drug-likeness (QED) is 0.791. The Bertz CT molecular complexity index is 683. The molecule has 0 saturated heterocycles. The standard InChI is InChI=1S/C20H30N2O/c1-7-15-11-17(19(8-2)22(15)5)16-12-18(21)20(23-6)10-14(16)9-13(3)4/h10-13H,7-9,21H2,1-6H3. The van der Waals surface area contributed by atoms with E-state index in [1.165, 1.54) is 28.1 Å². The number of aromatic nitrogens is 1. The summed E-state index contributed by atoms with van der Waals surface area (Å²) in [6.45, 7) is 8.91. The number of nitrogens with two attached hydrogens (primary N) is 1. The normalized spacial score (nSPS) is 11.3. The first-order chi connectivity index (χ1) is 10.9. The lowest BCUT2D eigenvalue weighted by Gasteiger charge is -2.16. The summed E-state index contributed by atoms with van der Waals surface area (Å²) in [6, 6.07) is 6.52. The number of benzene rings is 1. The molecule has 0 fully saturated rings. The molecule has 0 bridgehead atoms. The van der Waals surface area contributed by atoms with Gasteiger partial charge in [0.05, 0.1) is 12.8 Å². The highest BCUT2D eigenvalue weighted by atomic mass is 16.5. The topological polar surface area (TPSA) is 40.2 Å². The first-order valence-corrected chi connectivity index (χ1v) is 8.57. The van der Waals surface area contributed by atoms with Crippen molar-refractivity contribution in [2.24, 2.45) is 13.0 Å². The van der Waals surface area contributed by atoms with E-state index in [2.05, 4.69) is 57.5 Å². The summed E-state index contributed by atoms with van der Waals surface area (Å²) < 4.78 is 7.76. The number of hydrogen-bond donors (Lipinski definition) is 1. The maximum Gasteiger partial charge on any atom is 0.142 e. The first-order valence-electron chi connectivity index (χ1n) is 8.57. The molecule has 1 aromatic carbocycles. The van der Waals surface area contributed by atoms with Gasteiger partial charge in [0.25, 0.3) is 0 Å². The molecule has 0 spiro atoms. The van der Waals surface area contributed by atoms with E-state index in [0.717, 1.165) is 25.0 Å². The van der Waals surface area contributed by atoms with Crippen molar-refractivity contribution in [1.82, 2.24) is 4.57 Å². The van der Waals surface area contributed by atoms with Crippen molar-refractivity contribution in [3.05, 3.63) is 35.2 Å². The average molecular weight is 314 g/mol. The van der Waals surface area contributed by atoms with Gasteiger partial charge >= 0.3 is 0 Å². The molecule has 0 aliphatic carbocycles. The molecule has 3 heteroatoms. The van der Waals surface area contributed by atoms with Crippen LogP contribution in [0.15, 0.2) is 18.2 Å². The summed E-state index contributed by atoms with van der Waals surface area (Å²) in [6.07, 6.45) is 3.07. The highest BCUT2D eigenvalue weighted by molar-refractivity contribution is 5.77. The van der Waals surface area contributed by atoms with Gasteiger partial charge in [0.2, 0.25) is 0 Å². The van der Waals surface area contributed by atoms with Gasteiger partial charge in [0, 0.05) is 24.0 Å². The summed E-state index contributed by atoms with van der Waals surface area (Å²) >= 11 is 0. The second kappa shape index (κ2) is 7.12. The summed E-state index contributed by atoms with van der Waals surface area (Å²) in [5.74, 6) is 1.36. The zero-order valence-corrected chi connectivity index (χ0v) is 15.4. The van der Waals surface area contributed by atoms with Crippen LogP contribution in [-0.2, 0) is 26.3 Å². The van der Waals surface area contributed by atoms with Gasteiger partial charge in [-0.3, -0.25) is 0 Å². The van der Waals surface area contributed by atoms with E-state index in [9.17, 15) is 0 Å². The molecule has 1 aromatic heterocycles. The zero-order chi connectivity index (χ0) is 17.1. The van der Waals surface area contributed by atoms with Crippen molar-refractivity contribution in [3.8, 4) is 16.9 Å². The van der Waals surface area contributed by atoms with Crippen LogP contribution in [0.4, 0.5) is 5.69 Å². The molecule has 2 aromatic rings. The number of nitrogens with zero attached hydrogens (tertiary/aromatic N) is 1. The summed E-state index contributed by atoms with van der Waals surface area (Å²) in [5.41, 5.74) is 13.5. The number of rotatable bonds is 6. The van der Waals surface area contributed by atoms with E-state index >= 15 is 0 Å². The molecular formula is C20H30N2O. The molecule has 0 atom stereocenters. The number of methoxy groups -OCH3 is 1. The van der Waals surface area contributed by atoms with Crippen LogP contribution in [-0.4, -0.2) is 11.7 Å². The van der Waals surface area contributed by atoms with E-state index in [4.69, 9.17) is 10.5 Å². The number of ether oxygens (including phenoxy) is 1. The molecular weight excluding hydrogens is 284 g/mol. The molecule has 2 rings (SSSR count). The van der Waals surface area contributed by atoms with Gasteiger partial charge in [-0.25, -0.2) is 0 Å². The Morgan fingerprint density at radius 1 is 1.09 bits per heavy atom. The third-order valence-electron chi connectivity index (χ3n) is 4.53. The average Bonchev–Trinajstić information content (AvgIpc) is 2.83. The minimum absolute atomic E-state index is 0.585. The van der Waals surface area contributed by atoms with Crippen molar-refractivity contribution in [1.29, 1.82) is 0 Å². The smallest absolute Gasteiger partial charge is 0.142 e. The largest absolute Gasteiger partial charge is 0.495 e. The van der Waals surface area contributed by atoms with Crippen LogP contribution in [0.1, 0.15) is 44.6 Å². The fourth-order valence-electron chi connectivity index (χ4n) is 3.38. The molecule has 0 radical (unpaired) electrons. The Hall–Kier alpha value is -1.90. The lowest BCUT2D eigenvalue weighted by Crippen LogP contribution is -2.03. The lowest BCUT2D eigenvalue weighted by molar-refractivity contribution is 0.416. The molecule has 0 amide bonds. The lowest BCUT2D eigenvalue weighted by atomic mass is 9.92. The molecule has 23 heavy (non-hydrogen) atoms. The minimum Gasteiger partial charge on any atom is -0.495 e. The zero-order valence-electron chi connectivity index (χ0n) is 15.4. The van der Waals surface area contributed by atoms with Gasteiger partial charge in [-0.1, -0.05) is 27.7 Å². The van der Waals surface area contributed by atoms with Crippen molar-refractivity contribution >= 4 is 5.69 Å². The van der Waals surface area contributed by atoms with Crippen molar-refractivity contribution in [2.45, 2.75) is 47.0 Å². The summed E-state index contributed by atoms with van der Waals surface area (Å²) in [4.78, 5) is 0. The number of nitrogen functional groups attached to an aromatic ring is 1.